The Bertz CT molecular complexity index is 1170. The first-order chi connectivity index (χ1) is 17.0. The van der Waals surface area contributed by atoms with Crippen molar-refractivity contribution in [2.24, 2.45) is 5.10 Å². The molecular formula is C25H27ClN6O3. The van der Waals surface area contributed by atoms with Gasteiger partial charge in [0.15, 0.2) is 5.82 Å². The average molecular weight is 495 g/mol. The number of morpholine rings is 1. The summed E-state index contributed by atoms with van der Waals surface area (Å²) < 4.78 is 10.8. The quantitative estimate of drug-likeness (QED) is 0.351. The van der Waals surface area contributed by atoms with Crippen LogP contribution in [0.25, 0.3) is 0 Å². The molecule has 2 aromatic carbocycles. The Morgan fingerprint density at radius 2 is 1.97 bits per heavy atom. The first-order valence-corrected chi connectivity index (χ1v) is 11.7. The minimum Gasteiger partial charge on any atom is -0.449 e. The Morgan fingerprint density at radius 3 is 2.74 bits per heavy atom. The van der Waals surface area contributed by atoms with Crippen LogP contribution < -0.4 is 15.6 Å². The van der Waals surface area contributed by atoms with Gasteiger partial charge in [-0.1, -0.05) is 41.4 Å². The zero-order valence-electron chi connectivity index (χ0n) is 19.4. The number of benzene rings is 2. The molecule has 4 rings (SSSR count). The van der Waals surface area contributed by atoms with Crippen LogP contribution in [0.1, 0.15) is 17.0 Å². The first kappa shape index (κ1) is 24.4. The molecule has 0 saturated carbocycles. The summed E-state index contributed by atoms with van der Waals surface area (Å²) in [5.74, 6) is 1.88. The van der Waals surface area contributed by atoms with E-state index in [1.54, 1.807) is 30.5 Å². The van der Waals surface area contributed by atoms with E-state index in [2.05, 4.69) is 30.7 Å². The van der Waals surface area contributed by atoms with Crippen LogP contribution in [0.4, 0.5) is 22.1 Å². The lowest BCUT2D eigenvalue weighted by Gasteiger charge is -2.28. The number of rotatable bonds is 8. The number of hydrogen-bond acceptors (Lipinski definition) is 8. The summed E-state index contributed by atoms with van der Waals surface area (Å²) in [7, 11) is 0. The molecule has 1 aromatic heterocycles. The van der Waals surface area contributed by atoms with Gasteiger partial charge >= 0.3 is 6.09 Å². The molecule has 0 bridgehead atoms. The molecule has 3 aromatic rings. The van der Waals surface area contributed by atoms with Gasteiger partial charge in [0.2, 0.25) is 0 Å². The molecule has 35 heavy (non-hydrogen) atoms. The molecule has 0 atom stereocenters. The maximum Gasteiger partial charge on any atom is 0.411 e. The molecule has 0 spiro atoms. The molecule has 182 valence electrons. The van der Waals surface area contributed by atoms with Crippen molar-refractivity contribution < 1.29 is 14.3 Å². The third-order valence-corrected chi connectivity index (χ3v) is 5.43. The van der Waals surface area contributed by atoms with Gasteiger partial charge in [0.25, 0.3) is 0 Å². The van der Waals surface area contributed by atoms with Gasteiger partial charge in [-0.05, 0) is 36.8 Å². The maximum absolute atomic E-state index is 12.1. The zero-order chi connectivity index (χ0) is 24.5. The summed E-state index contributed by atoms with van der Waals surface area (Å²) in [6, 6.07) is 16.7. The van der Waals surface area contributed by atoms with Crippen molar-refractivity contribution in [3.8, 4) is 0 Å². The molecule has 0 radical (unpaired) electrons. The predicted molar refractivity (Wildman–Crippen MR) is 138 cm³/mol. The summed E-state index contributed by atoms with van der Waals surface area (Å²) in [6.45, 7) is 4.92. The lowest BCUT2D eigenvalue weighted by molar-refractivity contribution is 0.122. The van der Waals surface area contributed by atoms with Crippen molar-refractivity contribution in [3.63, 3.8) is 0 Å². The van der Waals surface area contributed by atoms with E-state index in [4.69, 9.17) is 21.1 Å². The van der Waals surface area contributed by atoms with E-state index in [-0.39, 0.29) is 6.61 Å². The SMILES string of the molecule is Cc1cccc(/C=N/Nc2cc(N3CCOCC3)nc(CCOC(=O)Nc3ccc(Cl)cc3)n2)c1. The van der Waals surface area contributed by atoms with Crippen molar-refractivity contribution in [1.82, 2.24) is 9.97 Å². The number of nitrogens with zero attached hydrogens (tertiary/aromatic N) is 4. The normalized spacial score (nSPS) is 13.6. The van der Waals surface area contributed by atoms with Gasteiger partial charge in [0.05, 0.1) is 19.4 Å². The number of carbonyl (C=O) groups excluding carboxylic acids is 1. The zero-order valence-corrected chi connectivity index (χ0v) is 20.2. The first-order valence-electron chi connectivity index (χ1n) is 11.3. The van der Waals surface area contributed by atoms with Crippen LogP contribution >= 0.6 is 11.6 Å². The highest BCUT2D eigenvalue weighted by molar-refractivity contribution is 6.30. The minimum atomic E-state index is -0.558. The van der Waals surface area contributed by atoms with Crippen molar-refractivity contribution in [1.29, 1.82) is 0 Å². The molecule has 1 aliphatic heterocycles. The summed E-state index contributed by atoms with van der Waals surface area (Å²) >= 11 is 5.87. The summed E-state index contributed by atoms with van der Waals surface area (Å²) in [6.07, 6.45) is 1.54. The van der Waals surface area contributed by atoms with E-state index < -0.39 is 6.09 Å². The maximum atomic E-state index is 12.1. The number of aryl methyl sites for hydroxylation is 1. The molecule has 0 aliphatic carbocycles. The van der Waals surface area contributed by atoms with E-state index in [1.165, 1.54) is 0 Å². The number of hydrogen-bond donors (Lipinski definition) is 2. The van der Waals surface area contributed by atoms with Crippen LogP contribution in [0.3, 0.4) is 0 Å². The summed E-state index contributed by atoms with van der Waals surface area (Å²) in [4.78, 5) is 23.5. The Balaban J connectivity index is 1.40. The minimum absolute atomic E-state index is 0.123. The number of nitrogens with one attached hydrogen (secondary N) is 2. The van der Waals surface area contributed by atoms with Crippen LogP contribution in [0.2, 0.25) is 5.02 Å². The van der Waals surface area contributed by atoms with Crippen molar-refractivity contribution in [2.45, 2.75) is 13.3 Å². The number of halogens is 1. The molecule has 10 heteroatoms. The molecule has 1 amide bonds. The third-order valence-electron chi connectivity index (χ3n) is 5.18. The van der Waals surface area contributed by atoms with Crippen LogP contribution in [0.5, 0.6) is 0 Å². The van der Waals surface area contributed by atoms with Crippen molar-refractivity contribution in [3.05, 3.63) is 76.6 Å². The fourth-order valence-electron chi connectivity index (χ4n) is 3.45. The van der Waals surface area contributed by atoms with Gasteiger partial charge < -0.3 is 14.4 Å². The largest absolute Gasteiger partial charge is 0.449 e. The monoisotopic (exact) mass is 494 g/mol. The van der Waals surface area contributed by atoms with E-state index >= 15 is 0 Å². The lowest BCUT2D eigenvalue weighted by Crippen LogP contribution is -2.37. The Morgan fingerprint density at radius 1 is 1.17 bits per heavy atom. The van der Waals surface area contributed by atoms with Gasteiger partial charge in [-0.25, -0.2) is 14.8 Å². The molecule has 2 N–H and O–H groups in total. The van der Waals surface area contributed by atoms with E-state index in [1.807, 2.05) is 37.3 Å². The highest BCUT2D eigenvalue weighted by Gasteiger charge is 2.15. The molecule has 1 fully saturated rings. The van der Waals surface area contributed by atoms with Crippen molar-refractivity contribution in [2.75, 3.05) is 48.6 Å². The van der Waals surface area contributed by atoms with E-state index in [9.17, 15) is 4.79 Å². The van der Waals surface area contributed by atoms with Gasteiger partial charge in [-0.2, -0.15) is 5.10 Å². The Hall–Kier alpha value is -3.69. The highest BCUT2D eigenvalue weighted by atomic mass is 35.5. The second-order valence-corrected chi connectivity index (χ2v) is 8.37. The van der Waals surface area contributed by atoms with E-state index in [0.717, 1.165) is 30.0 Å². The van der Waals surface area contributed by atoms with Crippen LogP contribution in [-0.4, -0.2) is 55.2 Å². The molecule has 2 heterocycles. The molecule has 0 unspecified atom stereocenters. The second-order valence-electron chi connectivity index (χ2n) is 7.93. The number of amides is 1. The third kappa shape index (κ3) is 7.66. The molecule has 9 nitrogen and oxygen atoms in total. The summed E-state index contributed by atoms with van der Waals surface area (Å²) in [5.41, 5.74) is 5.74. The topological polar surface area (TPSA) is 101 Å². The highest BCUT2D eigenvalue weighted by Crippen LogP contribution is 2.18. The van der Waals surface area contributed by atoms with Gasteiger partial charge in [0.1, 0.15) is 18.2 Å². The fourth-order valence-corrected chi connectivity index (χ4v) is 3.58. The van der Waals surface area contributed by atoms with Crippen LogP contribution in [-0.2, 0) is 15.9 Å². The molecule has 1 aliphatic rings. The fraction of sp³-hybridized carbons (Fsp3) is 0.280. The number of anilines is 3. The smallest absolute Gasteiger partial charge is 0.411 e. The molecule has 1 saturated heterocycles. The van der Waals surface area contributed by atoms with Crippen molar-refractivity contribution >= 4 is 41.2 Å². The number of aromatic nitrogens is 2. The number of ether oxygens (including phenoxy) is 2. The standard InChI is InChI=1S/C25H27ClN6O3/c1-18-3-2-4-19(15-18)17-27-31-23-16-24(32-10-13-34-14-11-32)30-22(29-23)9-12-35-25(33)28-21-7-5-20(26)6-8-21/h2-8,15-17H,9-14H2,1H3,(H,28,33)(H,29,30,31)/b27-17+. The van der Waals surface area contributed by atoms with Gasteiger partial charge in [-0.15, -0.1) is 0 Å². The Labute approximate surface area is 209 Å². The number of carbonyl (C=O) groups is 1. The Kier molecular flexibility index (Phi) is 8.48. The summed E-state index contributed by atoms with van der Waals surface area (Å²) in [5, 5.41) is 7.58. The van der Waals surface area contributed by atoms with Gasteiger partial charge in [0, 0.05) is 36.3 Å². The van der Waals surface area contributed by atoms with Crippen LogP contribution in [0.15, 0.2) is 59.7 Å². The predicted octanol–water partition coefficient (Wildman–Crippen LogP) is 4.51. The number of hydrazone groups is 1. The van der Waals surface area contributed by atoms with E-state index in [0.29, 0.717) is 42.0 Å². The van der Waals surface area contributed by atoms with Crippen LogP contribution in [0, 0.1) is 6.92 Å². The van der Waals surface area contributed by atoms with Gasteiger partial charge in [-0.3, -0.25) is 10.7 Å². The molecular weight excluding hydrogens is 468 g/mol. The average Bonchev–Trinajstić information content (AvgIpc) is 2.86. The lowest BCUT2D eigenvalue weighted by atomic mass is 10.2. The second kappa shape index (κ2) is 12.1.